The largest absolute Gasteiger partial charge is 0.465 e. The maximum atomic E-state index is 13.6. The highest BCUT2D eigenvalue weighted by atomic mass is 19.4. The van der Waals surface area contributed by atoms with Crippen LogP contribution < -0.4 is 9.80 Å². The minimum atomic E-state index is -4.53. The van der Waals surface area contributed by atoms with Crippen LogP contribution in [-0.2, 0) is 17.5 Å². The zero-order valence-electron chi connectivity index (χ0n) is 19.7. The third-order valence-electron chi connectivity index (χ3n) is 6.10. The van der Waals surface area contributed by atoms with Crippen LogP contribution in [0, 0.1) is 0 Å². The standard InChI is InChI=1S/C27H26F3N3O3/c1-36-25(34)21-12-10-20(11-13-21)19-33(24-9-5-6-22(18-24)27(28,29)30)26(35)32-16-14-31(15-17-32)23-7-3-2-4-8-23/h2-13,18H,14-17,19H2,1H3. The Balaban J connectivity index is 1.57. The molecule has 0 bridgehead atoms. The van der Waals surface area contributed by atoms with E-state index in [1.807, 2.05) is 30.3 Å². The summed E-state index contributed by atoms with van der Waals surface area (Å²) in [4.78, 5) is 30.5. The summed E-state index contributed by atoms with van der Waals surface area (Å²) in [5, 5.41) is 0. The molecule has 0 aromatic heterocycles. The molecule has 1 aliphatic rings. The Hall–Kier alpha value is -4.01. The van der Waals surface area contributed by atoms with Crippen LogP contribution in [0.1, 0.15) is 21.5 Å². The van der Waals surface area contributed by atoms with Crippen LogP contribution in [0.3, 0.4) is 0 Å². The first-order chi connectivity index (χ1) is 17.3. The molecule has 0 N–H and O–H groups in total. The van der Waals surface area contributed by atoms with E-state index in [0.29, 0.717) is 37.3 Å². The van der Waals surface area contributed by atoms with Crippen LogP contribution in [0.25, 0.3) is 0 Å². The van der Waals surface area contributed by atoms with Gasteiger partial charge in [0, 0.05) is 37.6 Å². The number of ether oxygens (including phenoxy) is 1. The molecule has 1 fully saturated rings. The molecular weight excluding hydrogens is 471 g/mol. The first-order valence-corrected chi connectivity index (χ1v) is 11.5. The van der Waals surface area contributed by atoms with Gasteiger partial charge in [-0.25, -0.2) is 9.59 Å². The fourth-order valence-electron chi connectivity index (χ4n) is 4.13. The van der Waals surface area contributed by atoms with Crippen molar-refractivity contribution in [3.8, 4) is 0 Å². The van der Waals surface area contributed by atoms with Crippen molar-refractivity contribution in [2.24, 2.45) is 0 Å². The number of esters is 1. The van der Waals surface area contributed by atoms with Gasteiger partial charge in [0.1, 0.15) is 0 Å². The van der Waals surface area contributed by atoms with Crippen LogP contribution in [0.4, 0.5) is 29.3 Å². The molecule has 0 spiro atoms. The number of para-hydroxylation sites is 1. The number of anilines is 2. The molecule has 9 heteroatoms. The number of benzene rings is 3. The van der Waals surface area contributed by atoms with Crippen molar-refractivity contribution in [1.82, 2.24) is 4.90 Å². The molecule has 6 nitrogen and oxygen atoms in total. The molecule has 2 amide bonds. The number of carbonyl (C=O) groups is 2. The molecule has 1 saturated heterocycles. The molecule has 0 aliphatic carbocycles. The molecule has 3 aromatic carbocycles. The van der Waals surface area contributed by atoms with Gasteiger partial charge >= 0.3 is 18.2 Å². The fourth-order valence-corrected chi connectivity index (χ4v) is 4.13. The topological polar surface area (TPSA) is 53.1 Å². The van der Waals surface area contributed by atoms with Gasteiger partial charge in [-0.3, -0.25) is 4.90 Å². The Kier molecular flexibility index (Phi) is 7.47. The summed E-state index contributed by atoms with van der Waals surface area (Å²) in [7, 11) is 1.28. The third kappa shape index (κ3) is 5.79. The molecule has 0 saturated carbocycles. The number of methoxy groups -OCH3 is 1. The summed E-state index contributed by atoms with van der Waals surface area (Å²) in [6.45, 7) is 2.13. The molecule has 1 aliphatic heterocycles. The van der Waals surface area contributed by atoms with Gasteiger partial charge in [-0.15, -0.1) is 0 Å². The number of rotatable bonds is 5. The lowest BCUT2D eigenvalue weighted by atomic mass is 10.1. The molecule has 3 aromatic rings. The Morgan fingerprint density at radius 3 is 2.17 bits per heavy atom. The van der Waals surface area contributed by atoms with E-state index in [2.05, 4.69) is 4.90 Å². The number of urea groups is 1. The van der Waals surface area contributed by atoms with Crippen LogP contribution in [0.5, 0.6) is 0 Å². The lowest BCUT2D eigenvalue weighted by Crippen LogP contribution is -2.53. The highest BCUT2D eigenvalue weighted by molar-refractivity contribution is 5.92. The van der Waals surface area contributed by atoms with Gasteiger partial charge in [0.05, 0.1) is 24.8 Å². The Morgan fingerprint density at radius 2 is 1.56 bits per heavy atom. The average Bonchev–Trinajstić information content (AvgIpc) is 2.91. The molecule has 0 unspecified atom stereocenters. The zero-order chi connectivity index (χ0) is 25.7. The van der Waals surface area contributed by atoms with Gasteiger partial charge in [-0.05, 0) is 48.0 Å². The van der Waals surface area contributed by atoms with Gasteiger partial charge in [0.25, 0.3) is 0 Å². The molecule has 36 heavy (non-hydrogen) atoms. The third-order valence-corrected chi connectivity index (χ3v) is 6.10. The number of alkyl halides is 3. The highest BCUT2D eigenvalue weighted by Gasteiger charge is 2.32. The zero-order valence-corrected chi connectivity index (χ0v) is 19.7. The number of halogens is 3. The Labute approximate surface area is 207 Å². The van der Waals surface area contributed by atoms with E-state index in [1.54, 1.807) is 29.2 Å². The number of piperazine rings is 1. The molecule has 0 atom stereocenters. The highest BCUT2D eigenvalue weighted by Crippen LogP contribution is 2.32. The van der Waals surface area contributed by atoms with Crippen molar-refractivity contribution in [3.63, 3.8) is 0 Å². The Morgan fingerprint density at radius 1 is 0.889 bits per heavy atom. The SMILES string of the molecule is COC(=O)c1ccc(CN(C(=O)N2CCN(c3ccccc3)CC2)c2cccc(C(F)(F)F)c2)cc1. The maximum absolute atomic E-state index is 13.6. The predicted octanol–water partition coefficient (Wildman–Crippen LogP) is 5.44. The fraction of sp³-hybridized carbons (Fsp3) is 0.259. The lowest BCUT2D eigenvalue weighted by molar-refractivity contribution is -0.137. The summed E-state index contributed by atoms with van der Waals surface area (Å²) in [6.07, 6.45) is -4.53. The first kappa shape index (κ1) is 25.1. The van der Waals surface area contributed by atoms with Gasteiger partial charge in [0.2, 0.25) is 0 Å². The van der Waals surface area contributed by atoms with Crippen molar-refractivity contribution in [2.45, 2.75) is 12.7 Å². The van der Waals surface area contributed by atoms with E-state index < -0.39 is 17.7 Å². The summed E-state index contributed by atoms with van der Waals surface area (Å²) in [5.74, 6) is -0.497. The summed E-state index contributed by atoms with van der Waals surface area (Å²) in [6, 6.07) is 20.7. The second-order valence-electron chi connectivity index (χ2n) is 8.41. The van der Waals surface area contributed by atoms with Gasteiger partial charge < -0.3 is 14.5 Å². The van der Waals surface area contributed by atoms with Crippen molar-refractivity contribution in [2.75, 3.05) is 43.1 Å². The smallest absolute Gasteiger partial charge is 0.416 e. The van der Waals surface area contributed by atoms with E-state index in [1.165, 1.54) is 24.1 Å². The minimum absolute atomic E-state index is 0.0422. The van der Waals surface area contributed by atoms with Gasteiger partial charge in [-0.1, -0.05) is 36.4 Å². The lowest BCUT2D eigenvalue weighted by Gasteiger charge is -2.38. The van der Waals surface area contributed by atoms with E-state index in [0.717, 1.165) is 17.8 Å². The predicted molar refractivity (Wildman–Crippen MR) is 131 cm³/mol. The van der Waals surface area contributed by atoms with Crippen LogP contribution in [-0.4, -0.2) is 50.2 Å². The van der Waals surface area contributed by atoms with E-state index in [-0.39, 0.29) is 18.3 Å². The van der Waals surface area contributed by atoms with Crippen molar-refractivity contribution in [1.29, 1.82) is 0 Å². The van der Waals surface area contributed by atoms with Crippen LogP contribution in [0.15, 0.2) is 78.9 Å². The van der Waals surface area contributed by atoms with Crippen LogP contribution in [0.2, 0.25) is 0 Å². The van der Waals surface area contributed by atoms with E-state index in [4.69, 9.17) is 4.74 Å². The van der Waals surface area contributed by atoms with Gasteiger partial charge in [-0.2, -0.15) is 13.2 Å². The number of hydrogen-bond donors (Lipinski definition) is 0. The second kappa shape index (κ2) is 10.7. The second-order valence-corrected chi connectivity index (χ2v) is 8.41. The molecular formula is C27H26F3N3O3. The Bertz CT molecular complexity index is 1190. The van der Waals surface area contributed by atoms with E-state index >= 15 is 0 Å². The maximum Gasteiger partial charge on any atom is 0.416 e. The number of nitrogens with zero attached hydrogens (tertiary/aromatic N) is 3. The van der Waals surface area contributed by atoms with Crippen molar-refractivity contribution >= 4 is 23.4 Å². The molecule has 4 rings (SSSR count). The van der Waals surface area contributed by atoms with Gasteiger partial charge in [0.15, 0.2) is 0 Å². The normalized spacial score (nSPS) is 13.9. The van der Waals surface area contributed by atoms with Crippen molar-refractivity contribution in [3.05, 3.63) is 95.6 Å². The number of hydrogen-bond acceptors (Lipinski definition) is 4. The first-order valence-electron chi connectivity index (χ1n) is 11.5. The summed E-state index contributed by atoms with van der Waals surface area (Å²) >= 11 is 0. The summed E-state index contributed by atoms with van der Waals surface area (Å²) < 4.78 is 44.9. The molecule has 1 heterocycles. The molecule has 188 valence electrons. The monoisotopic (exact) mass is 497 g/mol. The number of carbonyl (C=O) groups excluding carboxylic acids is 2. The summed E-state index contributed by atoms with van der Waals surface area (Å²) in [5.41, 5.74) is 1.39. The average molecular weight is 498 g/mol. The van der Waals surface area contributed by atoms with Crippen LogP contribution >= 0.6 is 0 Å². The minimum Gasteiger partial charge on any atom is -0.465 e. The number of amides is 2. The van der Waals surface area contributed by atoms with E-state index in [9.17, 15) is 22.8 Å². The quantitative estimate of drug-likeness (QED) is 0.441. The molecule has 0 radical (unpaired) electrons. The van der Waals surface area contributed by atoms with Crippen molar-refractivity contribution < 1.29 is 27.5 Å².